The summed E-state index contributed by atoms with van der Waals surface area (Å²) in [7, 11) is 4.12. The van der Waals surface area contributed by atoms with Crippen molar-refractivity contribution in [1.82, 2.24) is 4.90 Å². The van der Waals surface area contributed by atoms with Crippen LogP contribution in [-0.4, -0.2) is 36.2 Å². The molecule has 3 unspecified atom stereocenters. The van der Waals surface area contributed by atoms with Crippen LogP contribution >= 0.6 is 0 Å². The van der Waals surface area contributed by atoms with E-state index in [0.29, 0.717) is 0 Å². The summed E-state index contributed by atoms with van der Waals surface area (Å²) >= 11 is 0. The molecule has 2 rings (SSSR count). The van der Waals surface area contributed by atoms with Crippen molar-refractivity contribution in [3.05, 3.63) is 35.9 Å². The first-order valence-corrected chi connectivity index (χ1v) is 7.47. The molecular formula is C18H25NO. The molecule has 0 bridgehead atoms. The Bertz CT molecular complexity index is 485. The van der Waals surface area contributed by atoms with Crippen LogP contribution in [0.4, 0.5) is 0 Å². The smallest absolute Gasteiger partial charge is 0.132 e. The van der Waals surface area contributed by atoms with Crippen LogP contribution in [0.15, 0.2) is 30.3 Å². The van der Waals surface area contributed by atoms with E-state index >= 15 is 0 Å². The van der Waals surface area contributed by atoms with Crippen LogP contribution in [-0.2, 0) is 0 Å². The first kappa shape index (κ1) is 15.1. The summed E-state index contributed by atoms with van der Waals surface area (Å²) in [5.41, 5.74) is 0.112. The minimum absolute atomic E-state index is 0.234. The lowest BCUT2D eigenvalue weighted by atomic mass is 9.69. The van der Waals surface area contributed by atoms with Crippen LogP contribution in [0.25, 0.3) is 0 Å². The molecule has 0 radical (unpaired) electrons. The number of rotatable bonds is 2. The van der Waals surface area contributed by atoms with Crippen LogP contribution in [0.3, 0.4) is 0 Å². The van der Waals surface area contributed by atoms with Crippen molar-refractivity contribution in [3.8, 4) is 11.8 Å². The molecule has 1 aromatic rings. The molecule has 1 aliphatic carbocycles. The van der Waals surface area contributed by atoms with Crippen molar-refractivity contribution in [2.75, 3.05) is 20.6 Å². The normalized spacial score (nSPS) is 29.9. The number of hydrogen-bond donors (Lipinski definition) is 1. The third-order valence-corrected chi connectivity index (χ3v) is 4.33. The molecule has 3 atom stereocenters. The van der Waals surface area contributed by atoms with Gasteiger partial charge in [-0.05, 0) is 45.0 Å². The minimum atomic E-state index is -0.863. The average molecular weight is 271 g/mol. The van der Waals surface area contributed by atoms with E-state index in [4.69, 9.17) is 0 Å². The molecule has 0 amide bonds. The molecule has 2 heteroatoms. The van der Waals surface area contributed by atoms with Crippen LogP contribution in [0, 0.1) is 23.7 Å². The van der Waals surface area contributed by atoms with Gasteiger partial charge in [-0.2, -0.15) is 0 Å². The van der Waals surface area contributed by atoms with Gasteiger partial charge in [0.05, 0.1) is 0 Å². The van der Waals surface area contributed by atoms with Crippen molar-refractivity contribution < 1.29 is 5.11 Å². The number of nitrogens with zero attached hydrogens (tertiary/aromatic N) is 1. The third kappa shape index (κ3) is 3.42. The highest BCUT2D eigenvalue weighted by Gasteiger charge is 2.42. The van der Waals surface area contributed by atoms with Gasteiger partial charge in [0, 0.05) is 18.0 Å². The predicted octanol–water partition coefficient (Wildman–Crippen LogP) is 2.77. The quantitative estimate of drug-likeness (QED) is 0.836. The third-order valence-electron chi connectivity index (χ3n) is 4.33. The largest absolute Gasteiger partial charge is 0.377 e. The zero-order valence-corrected chi connectivity index (χ0v) is 12.8. The van der Waals surface area contributed by atoms with Gasteiger partial charge >= 0.3 is 0 Å². The van der Waals surface area contributed by atoms with E-state index in [2.05, 4.69) is 37.8 Å². The van der Waals surface area contributed by atoms with Crippen molar-refractivity contribution in [2.24, 2.45) is 11.8 Å². The van der Waals surface area contributed by atoms with Crippen LogP contribution in [0.5, 0.6) is 0 Å². The summed E-state index contributed by atoms with van der Waals surface area (Å²) in [5.74, 6) is 6.84. The number of aliphatic hydroxyl groups is 1. The predicted molar refractivity (Wildman–Crippen MR) is 83.3 cm³/mol. The van der Waals surface area contributed by atoms with E-state index < -0.39 is 5.60 Å². The molecule has 1 fully saturated rings. The highest BCUT2D eigenvalue weighted by molar-refractivity contribution is 5.36. The van der Waals surface area contributed by atoms with Crippen molar-refractivity contribution >= 4 is 0 Å². The fraction of sp³-hybridized carbons (Fsp3) is 0.556. The second-order valence-electron chi connectivity index (χ2n) is 6.23. The Labute approximate surface area is 122 Å². The first-order valence-electron chi connectivity index (χ1n) is 7.47. The van der Waals surface area contributed by atoms with E-state index in [9.17, 15) is 5.11 Å². The Morgan fingerprint density at radius 3 is 2.60 bits per heavy atom. The maximum atomic E-state index is 11.1. The fourth-order valence-corrected chi connectivity index (χ4v) is 3.10. The summed E-state index contributed by atoms with van der Waals surface area (Å²) in [6.45, 7) is 3.02. The topological polar surface area (TPSA) is 23.5 Å². The van der Waals surface area contributed by atoms with Gasteiger partial charge in [-0.3, -0.25) is 0 Å². The number of hydrogen-bond acceptors (Lipinski definition) is 2. The molecule has 0 saturated heterocycles. The van der Waals surface area contributed by atoms with Crippen LogP contribution < -0.4 is 0 Å². The standard InChI is InChI=1S/C18H25NO/c1-15-8-7-11-17(14-19(2)3)18(15,20)13-12-16-9-5-4-6-10-16/h4-6,9-10,15,17,20H,7-8,11,14H2,1-3H3. The van der Waals surface area contributed by atoms with Crippen molar-refractivity contribution in [3.63, 3.8) is 0 Å². The fourth-order valence-electron chi connectivity index (χ4n) is 3.10. The molecule has 2 nitrogen and oxygen atoms in total. The summed E-state index contributed by atoms with van der Waals surface area (Å²) in [5, 5.41) is 11.1. The lowest BCUT2D eigenvalue weighted by Gasteiger charge is -2.42. The van der Waals surface area contributed by atoms with Gasteiger partial charge in [-0.1, -0.05) is 43.4 Å². The molecule has 0 aromatic heterocycles. The maximum absolute atomic E-state index is 11.1. The maximum Gasteiger partial charge on any atom is 0.132 e. The molecule has 20 heavy (non-hydrogen) atoms. The Morgan fingerprint density at radius 2 is 1.95 bits per heavy atom. The molecule has 1 aliphatic rings. The molecule has 1 aromatic carbocycles. The van der Waals surface area contributed by atoms with Gasteiger partial charge in [0.1, 0.15) is 5.60 Å². The van der Waals surface area contributed by atoms with E-state index in [1.54, 1.807) is 0 Å². The minimum Gasteiger partial charge on any atom is -0.377 e. The lowest BCUT2D eigenvalue weighted by Crippen LogP contribution is -2.49. The summed E-state index contributed by atoms with van der Waals surface area (Å²) in [6, 6.07) is 9.93. The van der Waals surface area contributed by atoms with Crippen molar-refractivity contribution in [1.29, 1.82) is 0 Å². The first-order chi connectivity index (χ1) is 9.52. The van der Waals surface area contributed by atoms with Gasteiger partial charge < -0.3 is 10.0 Å². The highest BCUT2D eigenvalue weighted by atomic mass is 16.3. The number of benzene rings is 1. The summed E-state index contributed by atoms with van der Waals surface area (Å²) in [4.78, 5) is 2.15. The van der Waals surface area contributed by atoms with Gasteiger partial charge in [-0.15, -0.1) is 0 Å². The summed E-state index contributed by atoms with van der Waals surface area (Å²) in [6.07, 6.45) is 3.31. The van der Waals surface area contributed by atoms with E-state index in [1.807, 2.05) is 30.3 Å². The summed E-state index contributed by atoms with van der Waals surface area (Å²) < 4.78 is 0. The molecule has 0 spiro atoms. The molecular weight excluding hydrogens is 246 g/mol. The van der Waals surface area contributed by atoms with E-state index in [1.165, 1.54) is 6.42 Å². The SMILES string of the molecule is CC1CCCC(CN(C)C)C1(O)C#Cc1ccccc1. The van der Waals surface area contributed by atoms with E-state index in [0.717, 1.165) is 24.9 Å². The lowest BCUT2D eigenvalue weighted by molar-refractivity contribution is -0.0463. The Balaban J connectivity index is 2.25. The monoisotopic (exact) mass is 271 g/mol. The van der Waals surface area contributed by atoms with Gasteiger partial charge in [-0.25, -0.2) is 0 Å². The van der Waals surface area contributed by atoms with Gasteiger partial charge in [0.15, 0.2) is 0 Å². The Hall–Kier alpha value is -1.30. The van der Waals surface area contributed by atoms with Gasteiger partial charge in [0.2, 0.25) is 0 Å². The van der Waals surface area contributed by atoms with Gasteiger partial charge in [0.25, 0.3) is 0 Å². The molecule has 1 saturated carbocycles. The van der Waals surface area contributed by atoms with Crippen LogP contribution in [0.1, 0.15) is 31.7 Å². The van der Waals surface area contributed by atoms with E-state index in [-0.39, 0.29) is 11.8 Å². The Kier molecular flexibility index (Phi) is 4.86. The molecule has 0 heterocycles. The molecule has 0 aliphatic heterocycles. The van der Waals surface area contributed by atoms with Crippen LogP contribution in [0.2, 0.25) is 0 Å². The highest BCUT2D eigenvalue weighted by Crippen LogP contribution is 2.38. The zero-order chi connectivity index (χ0) is 14.6. The van der Waals surface area contributed by atoms with Crippen molar-refractivity contribution in [2.45, 2.75) is 31.8 Å². The average Bonchev–Trinajstić information content (AvgIpc) is 2.43. The zero-order valence-electron chi connectivity index (χ0n) is 12.8. The second-order valence-corrected chi connectivity index (χ2v) is 6.23. The Morgan fingerprint density at radius 1 is 1.25 bits per heavy atom. The molecule has 108 valence electrons. The second kappa shape index (κ2) is 6.43. The molecule has 1 N–H and O–H groups in total.